The molecular formula is C11H27NSi. The minimum Gasteiger partial charge on any atom is -0.314 e. The van der Waals surface area contributed by atoms with Crippen LogP contribution in [-0.2, 0) is 0 Å². The van der Waals surface area contributed by atoms with Gasteiger partial charge in [0.2, 0.25) is 0 Å². The van der Waals surface area contributed by atoms with Crippen LogP contribution in [0.1, 0.15) is 48.5 Å². The Morgan fingerprint density at radius 3 is 1.31 bits per heavy atom. The van der Waals surface area contributed by atoms with Gasteiger partial charge in [-0.2, -0.15) is 0 Å². The van der Waals surface area contributed by atoms with Gasteiger partial charge < -0.3 is 5.32 Å². The first-order chi connectivity index (χ1) is 5.56. The predicted molar refractivity (Wildman–Crippen MR) is 65.3 cm³/mol. The molecule has 0 aliphatic carbocycles. The van der Waals surface area contributed by atoms with Crippen molar-refractivity contribution in [3.63, 3.8) is 0 Å². The van der Waals surface area contributed by atoms with Crippen molar-refractivity contribution in [2.75, 3.05) is 6.54 Å². The number of nitrogens with one attached hydrogen (secondary N) is 1. The Bertz CT molecular complexity index is 148. The molecule has 0 aliphatic heterocycles. The van der Waals surface area contributed by atoms with E-state index in [0.717, 1.165) is 6.54 Å². The van der Waals surface area contributed by atoms with Crippen molar-refractivity contribution in [2.24, 2.45) is 10.8 Å². The number of hydrogen-bond acceptors (Lipinski definition) is 1. The van der Waals surface area contributed by atoms with Gasteiger partial charge in [0.15, 0.2) is 0 Å². The van der Waals surface area contributed by atoms with E-state index in [1.54, 1.807) is 0 Å². The van der Waals surface area contributed by atoms with Gasteiger partial charge in [-0.3, -0.25) is 0 Å². The maximum atomic E-state index is 3.70. The summed E-state index contributed by atoms with van der Waals surface area (Å²) >= 11 is 0. The summed E-state index contributed by atoms with van der Waals surface area (Å²) in [6.07, 6.45) is 0. The van der Waals surface area contributed by atoms with Gasteiger partial charge in [-0.15, -0.1) is 0 Å². The molecule has 0 aliphatic rings. The largest absolute Gasteiger partial charge is 0.314 e. The first-order valence-electron chi connectivity index (χ1n) is 5.31. The molecule has 0 heterocycles. The van der Waals surface area contributed by atoms with E-state index < -0.39 is 0 Å². The van der Waals surface area contributed by atoms with Crippen molar-refractivity contribution in [3.05, 3.63) is 0 Å². The quantitative estimate of drug-likeness (QED) is 0.671. The van der Waals surface area contributed by atoms with Gasteiger partial charge in [0.05, 0.1) is 0 Å². The molecule has 0 aromatic carbocycles. The van der Waals surface area contributed by atoms with Crippen molar-refractivity contribution >= 4 is 10.2 Å². The third kappa shape index (κ3) is 2.56. The van der Waals surface area contributed by atoms with Crippen LogP contribution >= 0.6 is 0 Å². The number of hydrogen-bond donors (Lipinski definition) is 1. The van der Waals surface area contributed by atoms with Crippen molar-refractivity contribution in [2.45, 2.75) is 53.6 Å². The fourth-order valence-corrected chi connectivity index (χ4v) is 2.36. The fraction of sp³-hybridized carbons (Fsp3) is 1.00. The van der Waals surface area contributed by atoms with Crippen LogP contribution in [0, 0.1) is 10.8 Å². The lowest BCUT2D eigenvalue weighted by atomic mass is 9.71. The first kappa shape index (κ1) is 13.2. The smallest absolute Gasteiger partial charge is 0.0294 e. The molecule has 13 heavy (non-hydrogen) atoms. The zero-order valence-corrected chi connectivity index (χ0v) is 12.7. The van der Waals surface area contributed by atoms with E-state index in [1.807, 2.05) is 0 Å². The van der Waals surface area contributed by atoms with Crippen LogP contribution in [0.2, 0.25) is 0 Å². The number of rotatable bonds is 2. The molecule has 1 nitrogen and oxygen atoms in total. The van der Waals surface area contributed by atoms with Crippen molar-refractivity contribution < 1.29 is 0 Å². The Kier molecular flexibility index (Phi) is 3.79. The van der Waals surface area contributed by atoms with Crippen molar-refractivity contribution in [1.82, 2.24) is 5.32 Å². The lowest BCUT2D eigenvalue weighted by molar-refractivity contribution is 0.100. The Morgan fingerprint density at radius 1 is 0.923 bits per heavy atom. The molecule has 0 atom stereocenters. The summed E-state index contributed by atoms with van der Waals surface area (Å²) in [6.45, 7) is 17.3. The van der Waals surface area contributed by atoms with Gasteiger partial charge in [-0.25, -0.2) is 0 Å². The topological polar surface area (TPSA) is 12.0 Å². The lowest BCUT2D eigenvalue weighted by Gasteiger charge is -2.52. The summed E-state index contributed by atoms with van der Waals surface area (Å²) in [5.74, 6) is 0. The van der Waals surface area contributed by atoms with Crippen LogP contribution in [0.15, 0.2) is 0 Å². The van der Waals surface area contributed by atoms with E-state index in [9.17, 15) is 0 Å². The van der Waals surface area contributed by atoms with E-state index in [0.29, 0.717) is 16.0 Å². The van der Waals surface area contributed by atoms with Crippen LogP contribution in [0.25, 0.3) is 0 Å². The lowest BCUT2D eigenvalue weighted by Crippen LogP contribution is -2.63. The SMILES string of the molecule is CCNC([SiH3])(C(C)(C)C)C(C)(C)C. The molecular weight excluding hydrogens is 174 g/mol. The van der Waals surface area contributed by atoms with Crippen LogP contribution in [-0.4, -0.2) is 21.9 Å². The maximum absolute atomic E-state index is 3.70. The van der Waals surface area contributed by atoms with E-state index in [1.165, 1.54) is 10.2 Å². The fourth-order valence-electron chi connectivity index (χ4n) is 2.01. The molecule has 0 aromatic heterocycles. The normalized spacial score (nSPS) is 15.0. The molecule has 0 radical (unpaired) electrons. The average molecular weight is 201 g/mol. The zero-order valence-electron chi connectivity index (χ0n) is 10.7. The Morgan fingerprint density at radius 2 is 1.23 bits per heavy atom. The van der Waals surface area contributed by atoms with Gasteiger partial charge in [0.25, 0.3) is 0 Å². The van der Waals surface area contributed by atoms with Gasteiger partial charge >= 0.3 is 0 Å². The summed E-state index contributed by atoms with van der Waals surface area (Å²) < 4.78 is 0. The van der Waals surface area contributed by atoms with E-state index in [2.05, 4.69) is 53.8 Å². The van der Waals surface area contributed by atoms with E-state index >= 15 is 0 Å². The van der Waals surface area contributed by atoms with Crippen molar-refractivity contribution in [1.29, 1.82) is 0 Å². The second kappa shape index (κ2) is 3.74. The zero-order chi connectivity index (χ0) is 10.9. The van der Waals surface area contributed by atoms with E-state index in [4.69, 9.17) is 0 Å². The molecule has 0 aromatic rings. The molecule has 0 saturated heterocycles. The van der Waals surface area contributed by atoms with Crippen molar-refractivity contribution in [3.8, 4) is 0 Å². The molecule has 0 fully saturated rings. The summed E-state index contributed by atoms with van der Waals surface area (Å²) in [4.78, 5) is 0. The summed E-state index contributed by atoms with van der Waals surface area (Å²) in [5.41, 5.74) is 0.682. The maximum Gasteiger partial charge on any atom is 0.0294 e. The summed E-state index contributed by atoms with van der Waals surface area (Å²) in [7, 11) is 1.18. The van der Waals surface area contributed by atoms with E-state index in [-0.39, 0.29) is 0 Å². The molecule has 0 bridgehead atoms. The van der Waals surface area contributed by atoms with Gasteiger partial charge in [0, 0.05) is 15.4 Å². The highest BCUT2D eigenvalue weighted by molar-refractivity contribution is 6.16. The highest BCUT2D eigenvalue weighted by Crippen LogP contribution is 2.41. The first-order valence-corrected chi connectivity index (χ1v) is 6.31. The van der Waals surface area contributed by atoms with Crippen LogP contribution in [0.4, 0.5) is 0 Å². The van der Waals surface area contributed by atoms with Crippen LogP contribution in [0.5, 0.6) is 0 Å². The molecule has 80 valence electrons. The molecule has 0 saturated carbocycles. The summed E-state index contributed by atoms with van der Waals surface area (Å²) in [5, 5.41) is 4.01. The van der Waals surface area contributed by atoms with Crippen LogP contribution < -0.4 is 5.32 Å². The Hall–Kier alpha value is 0.177. The molecule has 1 N–H and O–H groups in total. The predicted octanol–water partition coefficient (Wildman–Crippen LogP) is 1.75. The summed E-state index contributed by atoms with van der Waals surface area (Å²) in [6, 6.07) is 0. The minimum absolute atomic E-state index is 0.314. The van der Waals surface area contributed by atoms with Crippen LogP contribution in [0.3, 0.4) is 0 Å². The standard InChI is InChI=1S/C11H27NSi/c1-8-12-11(13,9(2,3)4)10(5,6)7/h12H,8H2,1-7,13H3. The van der Waals surface area contributed by atoms with Gasteiger partial charge in [-0.1, -0.05) is 48.5 Å². The highest BCUT2D eigenvalue weighted by Gasteiger charge is 2.45. The Balaban J connectivity index is 4.96. The third-order valence-corrected chi connectivity index (χ3v) is 6.88. The minimum atomic E-state index is 0.314. The monoisotopic (exact) mass is 201 g/mol. The molecule has 0 rings (SSSR count). The second-order valence-electron chi connectivity index (χ2n) is 6.16. The molecule has 0 amide bonds. The van der Waals surface area contributed by atoms with Gasteiger partial charge in [-0.05, 0) is 17.4 Å². The highest BCUT2D eigenvalue weighted by atomic mass is 28.1. The molecule has 0 spiro atoms. The second-order valence-corrected chi connectivity index (χ2v) is 7.66. The van der Waals surface area contributed by atoms with Gasteiger partial charge in [0.1, 0.15) is 0 Å². The molecule has 0 unspecified atom stereocenters. The third-order valence-electron chi connectivity index (χ3n) is 3.53. The molecule has 2 heteroatoms. The Labute approximate surface area is 87.1 Å². The average Bonchev–Trinajstić information content (AvgIpc) is 1.82.